The second kappa shape index (κ2) is 5.18. The predicted octanol–water partition coefficient (Wildman–Crippen LogP) is 4.79. The van der Waals surface area contributed by atoms with Gasteiger partial charge in [-0.2, -0.15) is 0 Å². The third-order valence-electron chi connectivity index (χ3n) is 5.77. The second-order valence-electron chi connectivity index (χ2n) is 7.04. The lowest BCUT2D eigenvalue weighted by atomic mass is 9.64. The Morgan fingerprint density at radius 1 is 0.769 bits per heavy atom. The molecule has 0 bridgehead atoms. The van der Waals surface area contributed by atoms with Gasteiger partial charge < -0.3 is 4.74 Å². The molecule has 126 valence electrons. The van der Waals surface area contributed by atoms with Crippen LogP contribution in [0.15, 0.2) is 91.0 Å². The van der Waals surface area contributed by atoms with Crippen LogP contribution in [0.25, 0.3) is 5.57 Å². The molecule has 0 N–H and O–H groups in total. The van der Waals surface area contributed by atoms with Crippen molar-refractivity contribution in [1.82, 2.24) is 0 Å². The van der Waals surface area contributed by atoms with Crippen LogP contribution in [0.5, 0.6) is 5.75 Å². The lowest BCUT2D eigenvalue weighted by molar-refractivity contribution is -0.120. The van der Waals surface area contributed by atoms with Crippen molar-refractivity contribution in [2.24, 2.45) is 0 Å². The van der Waals surface area contributed by atoms with Crippen LogP contribution in [0.3, 0.4) is 0 Å². The van der Waals surface area contributed by atoms with E-state index < -0.39 is 11.0 Å². The monoisotopic (exact) mass is 338 g/mol. The Hall–Kier alpha value is -3.13. The normalized spacial score (nSPS) is 26.0. The predicted molar refractivity (Wildman–Crippen MR) is 102 cm³/mol. The van der Waals surface area contributed by atoms with Crippen LogP contribution < -0.4 is 4.74 Å². The average molecular weight is 338 g/mol. The van der Waals surface area contributed by atoms with Crippen LogP contribution in [0.2, 0.25) is 0 Å². The summed E-state index contributed by atoms with van der Waals surface area (Å²) in [7, 11) is 0. The third kappa shape index (κ3) is 1.69. The van der Waals surface area contributed by atoms with Crippen molar-refractivity contribution in [3.05, 3.63) is 108 Å². The molecule has 2 aliphatic rings. The van der Waals surface area contributed by atoms with Gasteiger partial charge in [-0.15, -0.1) is 0 Å². The summed E-state index contributed by atoms with van der Waals surface area (Å²) in [5.41, 5.74) is 2.24. The first-order valence-electron chi connectivity index (χ1n) is 8.84. The molecule has 1 aliphatic carbocycles. The average Bonchev–Trinajstić information content (AvgIpc) is 3.09. The van der Waals surface area contributed by atoms with Crippen molar-refractivity contribution in [2.45, 2.75) is 17.9 Å². The summed E-state index contributed by atoms with van der Waals surface area (Å²) in [4.78, 5) is 13.6. The van der Waals surface area contributed by atoms with Crippen molar-refractivity contribution in [2.75, 3.05) is 0 Å². The molecule has 0 unspecified atom stereocenters. The summed E-state index contributed by atoms with van der Waals surface area (Å²) in [6.45, 7) is 2.05. The van der Waals surface area contributed by atoms with Gasteiger partial charge in [-0.1, -0.05) is 78.9 Å². The van der Waals surface area contributed by atoms with Crippen molar-refractivity contribution < 1.29 is 9.53 Å². The molecule has 0 radical (unpaired) electrons. The Kier molecular flexibility index (Phi) is 3.02. The molecule has 0 amide bonds. The van der Waals surface area contributed by atoms with E-state index in [1.807, 2.05) is 91.9 Å². The van der Waals surface area contributed by atoms with Gasteiger partial charge in [0.25, 0.3) is 0 Å². The minimum absolute atomic E-state index is 0.0787. The summed E-state index contributed by atoms with van der Waals surface area (Å²) >= 11 is 0. The van der Waals surface area contributed by atoms with Gasteiger partial charge in [-0.3, -0.25) is 4.79 Å². The molecule has 2 heteroatoms. The van der Waals surface area contributed by atoms with Crippen molar-refractivity contribution in [3.63, 3.8) is 0 Å². The fourth-order valence-electron chi connectivity index (χ4n) is 4.66. The Morgan fingerprint density at radius 3 is 2.12 bits per heavy atom. The number of ether oxygens (including phenoxy) is 1. The number of carbonyl (C=O) groups is 1. The SMILES string of the molecule is C[C@]12Oc3ccccc3[C@@]1(c1ccccc1)C(=O)C=C2c1ccccc1. The highest BCUT2D eigenvalue weighted by Crippen LogP contribution is 2.61. The Morgan fingerprint density at radius 2 is 1.38 bits per heavy atom. The molecule has 3 aromatic rings. The maximum absolute atomic E-state index is 13.6. The topological polar surface area (TPSA) is 26.3 Å². The molecule has 0 saturated heterocycles. The zero-order valence-electron chi connectivity index (χ0n) is 14.5. The van der Waals surface area contributed by atoms with Crippen LogP contribution >= 0.6 is 0 Å². The molecule has 0 saturated carbocycles. The molecule has 5 rings (SSSR count). The first kappa shape index (κ1) is 15.2. The maximum Gasteiger partial charge on any atom is 0.175 e. The molecule has 3 aromatic carbocycles. The Balaban J connectivity index is 1.83. The van der Waals surface area contributed by atoms with Crippen LogP contribution in [0.4, 0.5) is 0 Å². The van der Waals surface area contributed by atoms with Gasteiger partial charge in [-0.05, 0) is 30.2 Å². The summed E-state index contributed by atoms with van der Waals surface area (Å²) < 4.78 is 6.52. The molecule has 1 aliphatic heterocycles. The lowest BCUT2D eigenvalue weighted by Gasteiger charge is -2.38. The van der Waals surface area contributed by atoms with Gasteiger partial charge in [0.1, 0.15) is 11.2 Å². The largest absolute Gasteiger partial charge is 0.481 e. The number of benzene rings is 3. The van der Waals surface area contributed by atoms with E-state index in [1.54, 1.807) is 6.08 Å². The molecule has 0 fully saturated rings. The first-order valence-corrected chi connectivity index (χ1v) is 8.84. The quantitative estimate of drug-likeness (QED) is 0.671. The van der Waals surface area contributed by atoms with E-state index in [0.717, 1.165) is 28.0 Å². The smallest absolute Gasteiger partial charge is 0.175 e. The number of hydrogen-bond acceptors (Lipinski definition) is 2. The van der Waals surface area contributed by atoms with E-state index in [4.69, 9.17) is 4.74 Å². The number of allylic oxidation sites excluding steroid dienone is 1. The van der Waals surface area contributed by atoms with Gasteiger partial charge in [0.15, 0.2) is 11.4 Å². The van der Waals surface area contributed by atoms with E-state index in [0.29, 0.717) is 0 Å². The zero-order valence-corrected chi connectivity index (χ0v) is 14.5. The number of ketones is 1. The van der Waals surface area contributed by atoms with E-state index in [2.05, 4.69) is 0 Å². The third-order valence-corrected chi connectivity index (χ3v) is 5.77. The zero-order chi connectivity index (χ0) is 17.8. The van der Waals surface area contributed by atoms with Crippen LogP contribution in [-0.2, 0) is 10.2 Å². The standard InChI is InChI=1S/C24H18O2/c1-23-20(17-10-4-2-5-11-17)16-22(25)24(23,18-12-6-3-7-13-18)19-14-8-9-15-21(19)26-23/h2-16H,1H3/t23-,24+/m1/s1. The number of para-hydroxylation sites is 1. The molecular formula is C24H18O2. The van der Waals surface area contributed by atoms with Gasteiger partial charge >= 0.3 is 0 Å². The van der Waals surface area contributed by atoms with Crippen LogP contribution in [0.1, 0.15) is 23.6 Å². The number of rotatable bonds is 2. The molecule has 0 aromatic heterocycles. The fourth-order valence-corrected chi connectivity index (χ4v) is 4.66. The van der Waals surface area contributed by atoms with Crippen molar-refractivity contribution >= 4 is 11.4 Å². The highest BCUT2D eigenvalue weighted by atomic mass is 16.5. The summed E-state index contributed by atoms with van der Waals surface area (Å²) in [5.74, 6) is 0.865. The molecule has 0 spiro atoms. The summed E-state index contributed by atoms with van der Waals surface area (Å²) in [5, 5.41) is 0. The highest BCUT2D eigenvalue weighted by Gasteiger charge is 2.67. The second-order valence-corrected chi connectivity index (χ2v) is 7.04. The van der Waals surface area contributed by atoms with Gasteiger partial charge in [-0.25, -0.2) is 0 Å². The number of hydrogen-bond donors (Lipinski definition) is 0. The van der Waals surface area contributed by atoms with E-state index in [9.17, 15) is 4.79 Å². The van der Waals surface area contributed by atoms with Crippen LogP contribution in [-0.4, -0.2) is 11.4 Å². The lowest BCUT2D eigenvalue weighted by Crippen LogP contribution is -2.51. The van der Waals surface area contributed by atoms with Gasteiger partial charge in [0, 0.05) is 11.1 Å². The maximum atomic E-state index is 13.6. The molecule has 2 atom stereocenters. The minimum atomic E-state index is -0.851. The Bertz CT molecular complexity index is 1040. The van der Waals surface area contributed by atoms with E-state index in [-0.39, 0.29) is 5.78 Å². The number of carbonyl (C=O) groups excluding carboxylic acids is 1. The van der Waals surface area contributed by atoms with E-state index in [1.165, 1.54) is 0 Å². The summed E-state index contributed by atoms with van der Waals surface area (Å²) in [6, 6.07) is 28.0. The molecule has 1 heterocycles. The highest BCUT2D eigenvalue weighted by molar-refractivity contribution is 6.16. The molecule has 2 nitrogen and oxygen atoms in total. The fraction of sp³-hybridized carbons (Fsp3) is 0.125. The minimum Gasteiger partial charge on any atom is -0.481 e. The van der Waals surface area contributed by atoms with Crippen LogP contribution in [0, 0.1) is 0 Å². The van der Waals surface area contributed by atoms with Crippen molar-refractivity contribution in [1.29, 1.82) is 0 Å². The van der Waals surface area contributed by atoms with Gasteiger partial charge in [0.2, 0.25) is 0 Å². The van der Waals surface area contributed by atoms with Crippen molar-refractivity contribution in [3.8, 4) is 5.75 Å². The van der Waals surface area contributed by atoms with E-state index >= 15 is 0 Å². The summed E-state index contributed by atoms with van der Waals surface area (Å²) in [6.07, 6.45) is 1.78. The first-order chi connectivity index (χ1) is 12.7. The Labute approximate surface area is 152 Å². The molecular weight excluding hydrogens is 320 g/mol. The van der Waals surface area contributed by atoms with Gasteiger partial charge in [0.05, 0.1) is 0 Å². The molecule has 26 heavy (non-hydrogen) atoms. The number of fused-ring (bicyclic) bond motifs is 3.